The summed E-state index contributed by atoms with van der Waals surface area (Å²) in [5, 5.41) is 7.71. The van der Waals surface area contributed by atoms with Gasteiger partial charge in [0.15, 0.2) is 0 Å². The van der Waals surface area contributed by atoms with Crippen LogP contribution in [-0.4, -0.2) is 23.1 Å². The Morgan fingerprint density at radius 3 is 2.25 bits per heavy atom. The molecule has 0 bridgehead atoms. The molecule has 0 unspecified atom stereocenters. The minimum atomic E-state index is -1.63. The lowest BCUT2D eigenvalue weighted by atomic mass is 10.8. The van der Waals surface area contributed by atoms with Crippen molar-refractivity contribution >= 4 is 23.7 Å². The standard InChI is InChI=1S/C3H3ClO4/c4-1-2(5)8-3(6)7/h1H2,(H,6,7). The number of ether oxygens (including phenoxy) is 1. The van der Waals surface area contributed by atoms with Crippen molar-refractivity contribution in [2.75, 3.05) is 5.88 Å². The Kier molecular flexibility index (Phi) is 2.95. The second-order valence-corrected chi connectivity index (χ2v) is 1.14. The van der Waals surface area contributed by atoms with Crippen LogP contribution in [0.3, 0.4) is 0 Å². The first kappa shape index (κ1) is 7.23. The lowest BCUT2D eigenvalue weighted by Crippen LogP contribution is -2.10. The van der Waals surface area contributed by atoms with E-state index in [0.717, 1.165) is 0 Å². The molecule has 0 radical (unpaired) electrons. The molecular weight excluding hydrogens is 135 g/mol. The SMILES string of the molecule is O=C(O)OC(=O)CCl. The average molecular weight is 139 g/mol. The summed E-state index contributed by atoms with van der Waals surface area (Å²) in [6, 6.07) is 0. The molecule has 0 aromatic rings. The smallest absolute Gasteiger partial charge is 0.449 e. The fourth-order valence-electron chi connectivity index (χ4n) is 0.125. The van der Waals surface area contributed by atoms with Crippen LogP contribution in [0.4, 0.5) is 4.79 Å². The predicted octanol–water partition coefficient (Wildman–Crippen LogP) is 0.446. The Morgan fingerprint density at radius 1 is 1.62 bits per heavy atom. The van der Waals surface area contributed by atoms with E-state index >= 15 is 0 Å². The normalized spacial score (nSPS) is 8.12. The van der Waals surface area contributed by atoms with E-state index in [9.17, 15) is 9.59 Å². The molecule has 0 atom stereocenters. The number of esters is 1. The topological polar surface area (TPSA) is 63.6 Å². The highest BCUT2D eigenvalue weighted by Gasteiger charge is 2.03. The predicted molar refractivity (Wildman–Crippen MR) is 24.8 cm³/mol. The first-order valence-electron chi connectivity index (χ1n) is 1.66. The van der Waals surface area contributed by atoms with Crippen LogP contribution in [0.2, 0.25) is 0 Å². The average Bonchev–Trinajstić information content (AvgIpc) is 1.65. The van der Waals surface area contributed by atoms with Gasteiger partial charge >= 0.3 is 12.1 Å². The van der Waals surface area contributed by atoms with Crippen LogP contribution in [0.5, 0.6) is 0 Å². The van der Waals surface area contributed by atoms with Crippen molar-refractivity contribution in [3.8, 4) is 0 Å². The third kappa shape index (κ3) is 3.42. The van der Waals surface area contributed by atoms with Crippen LogP contribution in [-0.2, 0) is 9.53 Å². The molecule has 0 aromatic carbocycles. The van der Waals surface area contributed by atoms with E-state index in [4.69, 9.17) is 16.7 Å². The van der Waals surface area contributed by atoms with Crippen molar-refractivity contribution in [2.24, 2.45) is 0 Å². The summed E-state index contributed by atoms with van der Waals surface area (Å²) in [6.45, 7) is 0. The van der Waals surface area contributed by atoms with Crippen LogP contribution in [0, 0.1) is 0 Å². The molecule has 1 N–H and O–H groups in total. The number of rotatable bonds is 1. The summed E-state index contributed by atoms with van der Waals surface area (Å²) in [6.07, 6.45) is -1.63. The lowest BCUT2D eigenvalue weighted by Gasteiger charge is -1.89. The summed E-state index contributed by atoms with van der Waals surface area (Å²) in [4.78, 5) is 19.4. The molecule has 0 fully saturated rings. The van der Waals surface area contributed by atoms with Gasteiger partial charge in [0.2, 0.25) is 0 Å². The van der Waals surface area contributed by atoms with Gasteiger partial charge in [0, 0.05) is 0 Å². The fraction of sp³-hybridized carbons (Fsp3) is 0.333. The van der Waals surface area contributed by atoms with Crippen LogP contribution in [0.1, 0.15) is 0 Å². The van der Waals surface area contributed by atoms with Crippen molar-refractivity contribution in [1.82, 2.24) is 0 Å². The zero-order valence-corrected chi connectivity index (χ0v) is 4.51. The maximum Gasteiger partial charge on any atom is 0.513 e. The van der Waals surface area contributed by atoms with Crippen molar-refractivity contribution in [3.63, 3.8) is 0 Å². The molecule has 0 rings (SSSR count). The van der Waals surface area contributed by atoms with Gasteiger partial charge in [0.05, 0.1) is 0 Å². The van der Waals surface area contributed by atoms with Gasteiger partial charge < -0.3 is 9.84 Å². The van der Waals surface area contributed by atoms with E-state index in [1.54, 1.807) is 0 Å². The van der Waals surface area contributed by atoms with Gasteiger partial charge in [-0.2, -0.15) is 0 Å². The highest BCUT2D eigenvalue weighted by molar-refractivity contribution is 6.26. The lowest BCUT2D eigenvalue weighted by molar-refractivity contribution is -0.136. The summed E-state index contributed by atoms with van der Waals surface area (Å²) >= 11 is 4.86. The van der Waals surface area contributed by atoms with Crippen LogP contribution in [0.25, 0.3) is 0 Å². The third-order valence-electron chi connectivity index (χ3n) is 0.310. The first-order valence-corrected chi connectivity index (χ1v) is 2.20. The second kappa shape index (κ2) is 3.26. The maximum absolute atomic E-state index is 9.89. The largest absolute Gasteiger partial charge is 0.513 e. The maximum atomic E-state index is 9.89. The molecule has 0 heterocycles. The van der Waals surface area contributed by atoms with E-state index in [1.165, 1.54) is 0 Å². The van der Waals surface area contributed by atoms with Crippen LogP contribution in [0.15, 0.2) is 0 Å². The zero-order chi connectivity index (χ0) is 6.57. The van der Waals surface area contributed by atoms with Gasteiger partial charge in [-0.3, -0.25) is 4.79 Å². The summed E-state index contributed by atoms with van der Waals surface area (Å²) < 4.78 is 3.55. The second-order valence-electron chi connectivity index (χ2n) is 0.874. The van der Waals surface area contributed by atoms with Gasteiger partial charge in [0.1, 0.15) is 5.88 Å². The van der Waals surface area contributed by atoms with Crippen molar-refractivity contribution in [2.45, 2.75) is 0 Å². The first-order chi connectivity index (χ1) is 3.66. The summed E-state index contributed by atoms with van der Waals surface area (Å²) in [7, 11) is 0. The number of alkyl halides is 1. The molecule has 0 spiro atoms. The van der Waals surface area contributed by atoms with Gasteiger partial charge in [-0.15, -0.1) is 11.6 Å². The Hall–Kier alpha value is -0.770. The van der Waals surface area contributed by atoms with E-state index < -0.39 is 18.0 Å². The number of carbonyl (C=O) groups excluding carboxylic acids is 1. The molecule has 46 valence electrons. The number of halogens is 1. The van der Waals surface area contributed by atoms with Gasteiger partial charge in [-0.25, -0.2) is 4.79 Å². The minimum absolute atomic E-state index is 0.438. The number of carboxylic acid groups (broad SMARTS) is 1. The molecular formula is C3H3ClO4. The molecule has 0 saturated heterocycles. The van der Waals surface area contributed by atoms with E-state index in [1.807, 2.05) is 0 Å². The molecule has 0 aliphatic heterocycles. The molecule has 4 nitrogen and oxygen atoms in total. The highest BCUT2D eigenvalue weighted by atomic mass is 35.5. The molecule has 5 heteroatoms. The minimum Gasteiger partial charge on any atom is -0.449 e. The van der Waals surface area contributed by atoms with Crippen LogP contribution >= 0.6 is 11.6 Å². The molecule has 8 heavy (non-hydrogen) atoms. The Bertz CT molecular complexity index is 110. The molecule has 0 aromatic heterocycles. The van der Waals surface area contributed by atoms with Gasteiger partial charge in [-0.1, -0.05) is 0 Å². The summed E-state index contributed by atoms with van der Waals surface area (Å²) in [5.41, 5.74) is 0. The summed E-state index contributed by atoms with van der Waals surface area (Å²) in [5.74, 6) is -1.40. The van der Waals surface area contributed by atoms with E-state index in [2.05, 4.69) is 4.74 Å². The van der Waals surface area contributed by atoms with Crippen LogP contribution < -0.4 is 0 Å². The number of hydrogen-bond acceptors (Lipinski definition) is 3. The van der Waals surface area contributed by atoms with Crippen molar-refractivity contribution < 1.29 is 19.4 Å². The highest BCUT2D eigenvalue weighted by Crippen LogP contribution is 1.81. The zero-order valence-electron chi connectivity index (χ0n) is 3.76. The van der Waals surface area contributed by atoms with Crippen molar-refractivity contribution in [1.29, 1.82) is 0 Å². The Balaban J connectivity index is 3.40. The number of hydrogen-bond donors (Lipinski definition) is 1. The van der Waals surface area contributed by atoms with Gasteiger partial charge in [0.25, 0.3) is 0 Å². The van der Waals surface area contributed by atoms with E-state index in [-0.39, 0.29) is 0 Å². The fourth-order valence-corrected chi connectivity index (χ4v) is 0.179. The number of carbonyl (C=O) groups is 2. The Labute approximate surface area is 50.0 Å². The monoisotopic (exact) mass is 138 g/mol. The van der Waals surface area contributed by atoms with Crippen molar-refractivity contribution in [3.05, 3.63) is 0 Å². The molecule has 0 aliphatic rings. The molecule has 0 amide bonds. The quantitative estimate of drug-likeness (QED) is 0.325. The Morgan fingerprint density at radius 2 is 2.12 bits per heavy atom. The molecule has 0 saturated carbocycles. The third-order valence-corrected chi connectivity index (χ3v) is 0.528. The van der Waals surface area contributed by atoms with Gasteiger partial charge in [-0.05, 0) is 0 Å². The van der Waals surface area contributed by atoms with E-state index in [0.29, 0.717) is 0 Å². The molecule has 0 aliphatic carbocycles.